The summed E-state index contributed by atoms with van der Waals surface area (Å²) in [6.07, 6.45) is -58.9. The molecule has 0 aliphatic carbocycles. The Hall–Kier alpha value is -4.56. The van der Waals surface area contributed by atoms with Crippen LogP contribution < -0.4 is 0 Å². The number of fused-ring (bicyclic) bond motifs is 20. The van der Waals surface area contributed by atoms with Crippen LogP contribution in [0.3, 0.4) is 0 Å². The third-order valence-corrected chi connectivity index (χ3v) is 35.0. The molecule has 746 valence electrons. The fraction of sp³-hybridized carbons (Fsp3) is 0.600. The molecule has 0 radical (unpaired) electrons. The molecule has 8 bridgehead atoms. The number of hydrogen-bond acceptors (Lipinski definition) is 54. The van der Waals surface area contributed by atoms with Crippen molar-refractivity contribution >= 4 is 138 Å². The number of thioether (sulfide) groups is 8. The van der Waals surface area contributed by atoms with E-state index in [1.54, 1.807) is 0 Å². The van der Waals surface area contributed by atoms with Crippen LogP contribution in [-0.4, -0.2) is 495 Å². The second kappa shape index (κ2) is 42.2. The Balaban J connectivity index is 0.991. The molecule has 3 aromatic heterocycles. The molecule has 40 atom stereocenters. The van der Waals surface area contributed by atoms with E-state index in [9.17, 15) is 163 Å². The van der Waals surface area contributed by atoms with Crippen LogP contribution in [0.15, 0.2) is 87.7 Å². The third kappa shape index (κ3) is 19.4. The minimum atomic E-state index is -1.99. The van der Waals surface area contributed by atoms with Crippen molar-refractivity contribution in [3.05, 3.63) is 48.5 Å². The Labute approximate surface area is 799 Å². The number of ether oxygens (including phenoxy) is 8. The normalized spacial score (nSPS) is 39.4. The molecule has 10 aliphatic heterocycles. The van der Waals surface area contributed by atoms with Gasteiger partial charge < -0.3 is 211 Å². The van der Waals surface area contributed by atoms with Crippen molar-refractivity contribution in [1.29, 1.82) is 0 Å². The first-order valence-corrected chi connectivity index (χ1v) is 49.3. The highest BCUT2D eigenvalue weighted by atomic mass is 32.2. The van der Waals surface area contributed by atoms with Crippen LogP contribution in [0.5, 0.6) is 0 Å². The van der Waals surface area contributed by atoms with Gasteiger partial charge in [0.2, 0.25) is 0 Å². The first kappa shape index (κ1) is 103. The number of rotatable bonds is 24. The Morgan fingerprint density at radius 2 is 0.316 bits per heavy atom. The van der Waals surface area contributed by atoms with Gasteiger partial charge in [-0.25, -0.2) is 29.9 Å². The smallest absolute Gasteiger partial charge is 0.164 e. The van der Waals surface area contributed by atoms with Crippen molar-refractivity contribution in [2.45, 2.75) is 278 Å². The monoisotopic (exact) mass is 2070 g/mol. The van der Waals surface area contributed by atoms with Gasteiger partial charge in [0.25, 0.3) is 0 Å². The van der Waals surface area contributed by atoms with E-state index >= 15 is 0 Å². The molecule has 56 heteroatoms. The van der Waals surface area contributed by atoms with Crippen molar-refractivity contribution in [3.8, 4) is 45.6 Å². The predicted molar refractivity (Wildman–Crippen MR) is 473 cm³/mol. The predicted octanol–water partition coefficient (Wildman–Crippen LogP) is -9.99. The second-order valence-corrected chi connectivity index (χ2v) is 42.6. The number of benzene rings is 4. The fourth-order valence-electron chi connectivity index (χ4n) is 16.9. The number of H-pyrrole nitrogens is 2. The molecule has 136 heavy (non-hydrogen) atoms. The Morgan fingerprint density at radius 1 is 0.184 bits per heavy atom. The van der Waals surface area contributed by atoms with Gasteiger partial charge in [-0.05, 0) is 48.5 Å². The molecular formula is C80H98N8O40S8. The van der Waals surface area contributed by atoms with E-state index in [-0.39, 0.29) is 129 Å². The summed E-state index contributed by atoms with van der Waals surface area (Å²) in [6.45, 7) is -7.24. The SMILES string of the molecule is OC[C@H]1O[C@H](Sc2cc3c(cc2S[C@H]2O[C@H](CO)[C@H](O)[C@H](O)[C@H]2O)-c2nc-3nc3[nH]c(nc4nc(nc5[nH]c(n2)c2cc(S[C@H]6O[C@H](CO)[C@H](O)[C@H](O)[C@H]6O)c(S[C@H]6O[C@H](CO)[C@H](O)[C@H](O)[C@H]6O)cc52)-c2cc(S[C@H]5O[C@H](CO)[C@H](O)[C@H](O)[C@H]5O)c(S[C@H]5O[C@H](CO)[C@H](O)[C@H](O)[C@H]5O)cc2-4)c2cc(S[C@H]4O[C@H](CO)[C@H](O)[C@H](O)[C@H]4O)c(S[C@H]4O[C@H](CO)[C@H](O)[C@H](O)[C@H]4O)cc32)[C@H](O)[C@@H](O)[C@H]1O. The molecule has 8 saturated heterocycles. The molecule has 0 saturated carbocycles. The van der Waals surface area contributed by atoms with Crippen LogP contribution >= 0.6 is 94.1 Å². The lowest BCUT2D eigenvalue weighted by Gasteiger charge is -2.40. The summed E-state index contributed by atoms with van der Waals surface area (Å²) in [5.41, 5.74) is -14.1. The highest BCUT2D eigenvalue weighted by Gasteiger charge is 2.54. The van der Waals surface area contributed by atoms with Crippen LogP contribution in [0.2, 0.25) is 0 Å². The molecule has 0 amide bonds. The van der Waals surface area contributed by atoms with Gasteiger partial charge in [-0.2, -0.15) is 0 Å². The summed E-state index contributed by atoms with van der Waals surface area (Å²) in [7, 11) is 0. The van der Waals surface area contributed by atoms with Gasteiger partial charge in [-0.1, -0.05) is 94.1 Å². The van der Waals surface area contributed by atoms with Crippen LogP contribution in [0.4, 0.5) is 0 Å². The van der Waals surface area contributed by atoms with Gasteiger partial charge >= 0.3 is 0 Å². The first-order valence-electron chi connectivity index (χ1n) is 42.3. The summed E-state index contributed by atoms with van der Waals surface area (Å²) in [5.74, 6) is -1.35. The molecule has 34 N–H and O–H groups in total. The molecule has 7 aromatic rings. The van der Waals surface area contributed by atoms with Crippen molar-refractivity contribution in [2.24, 2.45) is 0 Å². The summed E-state index contributed by atoms with van der Waals surface area (Å²) >= 11 is 5.30. The summed E-state index contributed by atoms with van der Waals surface area (Å²) in [5, 5.41) is 358. The molecule has 48 nitrogen and oxygen atoms in total. The lowest BCUT2D eigenvalue weighted by atomic mass is 10.0. The van der Waals surface area contributed by atoms with Crippen molar-refractivity contribution < 1.29 is 201 Å². The van der Waals surface area contributed by atoms with E-state index in [2.05, 4.69) is 9.97 Å². The number of aromatic nitrogens is 8. The first-order chi connectivity index (χ1) is 64.9. The van der Waals surface area contributed by atoms with Crippen LogP contribution in [0.1, 0.15) is 0 Å². The average Bonchev–Trinajstić information content (AvgIpc) is 1.58. The Morgan fingerprint density at radius 3 is 0.449 bits per heavy atom. The van der Waals surface area contributed by atoms with Crippen molar-refractivity contribution in [1.82, 2.24) is 39.9 Å². The quantitative estimate of drug-likeness (QED) is 0.0267. The molecule has 10 aliphatic rings. The third-order valence-electron chi connectivity index (χ3n) is 24.8. The number of aliphatic hydroxyl groups is 32. The van der Waals surface area contributed by atoms with E-state index in [0.29, 0.717) is 94.1 Å². The number of nitrogens with zero attached hydrogens (tertiary/aromatic N) is 6. The standard InChI is InChI=1S/C80H98N8O40S8/c89-9-25-41(97)49(105)57(113)73(121-25)129-33-1-17-18(2-34(33)130-74-58(114)50(106)42(98)26(10-90)122-74)66-81-65(17)85-67-19-3-35(131-75-59(115)51(107)43(99)27(11-91)123-75)36(132-76-60(116)52(108)44(100)28(12-92)124-76)4-20(19)69(82-67)87-71-23-7-39(135-79-63(119)55(111)47(103)31(15-95)127-79)40(136-80-64(120)56(112)48(104)32(16-96)128-80)8-24(23)72(84-71)88-70-22-6-38(134-78-62(118)54(110)46(102)30(14-94)126-78)37(5-21(22)68(83-70)86-66)133-77-61(117)53(109)45(101)29(13-93)125-77/h1-8,25-32,41-64,73-80,89-120H,9-16H2,(H2,81,82,83,84,85,86,87,88)/t25-,26-,27-,28-,29-,30-,31-,32-,41+,42+,43+,44+,45+,46+,47+,48+,49+,50+,51+,52+,53+,54+,55+,56+,57-,58-,59-,60-,61-,62-,63-,64-,73-,74-,75-,76-,77-,78-,79-,80-/m1/s1. The second-order valence-electron chi connectivity index (χ2n) is 33.5. The number of hydrogen-bond donors (Lipinski definition) is 34. The Kier molecular flexibility index (Phi) is 32.0. The largest absolute Gasteiger partial charge is 0.394 e. The number of aromatic amines is 2. The highest BCUT2D eigenvalue weighted by molar-refractivity contribution is 8.04. The Bertz CT molecular complexity index is 4980. The van der Waals surface area contributed by atoms with E-state index in [0.717, 1.165) is 0 Å². The molecule has 17 rings (SSSR count). The van der Waals surface area contributed by atoms with Gasteiger partial charge in [0.15, 0.2) is 23.3 Å². The lowest BCUT2D eigenvalue weighted by Crippen LogP contribution is -2.57. The maximum atomic E-state index is 11.8. The molecule has 4 aromatic carbocycles. The highest BCUT2D eigenvalue weighted by Crippen LogP contribution is 2.54. The minimum absolute atomic E-state index is 0.000967. The van der Waals surface area contributed by atoms with Gasteiger partial charge in [0, 0.05) is 83.0 Å². The molecule has 8 fully saturated rings. The zero-order valence-electron chi connectivity index (χ0n) is 69.9. The topological polar surface area (TPSA) is 830 Å². The summed E-state index contributed by atoms with van der Waals surface area (Å²) in [4.78, 5) is 37.7. The van der Waals surface area contributed by atoms with Gasteiger partial charge in [0.05, 0.1) is 52.9 Å². The molecule has 0 spiro atoms. The van der Waals surface area contributed by atoms with Gasteiger partial charge in [0.1, 0.15) is 261 Å². The maximum Gasteiger partial charge on any atom is 0.164 e. The van der Waals surface area contributed by atoms with E-state index in [1.807, 2.05) is 0 Å². The summed E-state index contributed by atoms with van der Waals surface area (Å²) < 4.78 is 48.5. The summed E-state index contributed by atoms with van der Waals surface area (Å²) in [6, 6.07) is 11.3. The van der Waals surface area contributed by atoms with Crippen LogP contribution in [0.25, 0.3) is 89.7 Å². The van der Waals surface area contributed by atoms with Crippen LogP contribution in [-0.2, 0) is 37.9 Å². The lowest BCUT2D eigenvalue weighted by molar-refractivity contribution is -0.205. The molecular weight excluding hydrogens is 1970 g/mol. The number of aliphatic hydroxyl groups excluding tert-OH is 32. The molecule has 13 heterocycles. The van der Waals surface area contributed by atoms with Crippen molar-refractivity contribution in [3.63, 3.8) is 0 Å². The van der Waals surface area contributed by atoms with Crippen LogP contribution in [0, 0.1) is 0 Å². The van der Waals surface area contributed by atoms with Gasteiger partial charge in [-0.3, -0.25) is 0 Å². The average molecular weight is 2070 g/mol. The zero-order valence-corrected chi connectivity index (χ0v) is 76.4. The maximum absolute atomic E-state index is 11.8. The minimum Gasteiger partial charge on any atom is -0.394 e. The van der Waals surface area contributed by atoms with E-state index in [4.69, 9.17) is 67.8 Å². The van der Waals surface area contributed by atoms with Crippen molar-refractivity contribution in [2.75, 3.05) is 52.9 Å². The van der Waals surface area contributed by atoms with Gasteiger partial charge in [-0.15, -0.1) is 0 Å². The molecule has 0 unspecified atom stereocenters. The zero-order chi connectivity index (χ0) is 97.2. The van der Waals surface area contributed by atoms with E-state index in [1.165, 1.54) is 48.5 Å². The fourth-order valence-corrected chi connectivity index (χ4v) is 26.9. The van der Waals surface area contributed by atoms with E-state index < -0.39 is 292 Å². The number of nitrogens with one attached hydrogen (secondary N) is 2.